The Morgan fingerprint density at radius 3 is 1.57 bits per heavy atom. The van der Waals surface area contributed by atoms with Crippen LogP contribution in [0.25, 0.3) is 0 Å². The van der Waals surface area contributed by atoms with Gasteiger partial charge in [-0.1, -0.05) is 0 Å². The highest BCUT2D eigenvalue weighted by atomic mass is 16.5. The molecule has 0 unspecified atom stereocenters. The highest BCUT2D eigenvalue weighted by molar-refractivity contribution is 4.83. The van der Waals surface area contributed by atoms with Crippen LogP contribution in [0.3, 0.4) is 0 Å². The van der Waals surface area contributed by atoms with Crippen molar-refractivity contribution in [2.75, 3.05) is 53.4 Å². The third kappa shape index (κ3) is 4.87. The van der Waals surface area contributed by atoms with Crippen LogP contribution in [0.5, 0.6) is 0 Å². The van der Waals surface area contributed by atoms with E-state index in [1.807, 2.05) is 0 Å². The predicted octanol–water partition coefficient (Wildman–Crippen LogP) is 1.46. The molecule has 2 rings (SSSR count). The molecule has 2 saturated heterocycles. The third-order valence-corrected chi connectivity index (χ3v) is 4.19. The van der Waals surface area contributed by atoms with Crippen molar-refractivity contribution in [3.63, 3.8) is 0 Å². The lowest BCUT2D eigenvalue weighted by Gasteiger charge is -2.29. The van der Waals surface area contributed by atoms with Gasteiger partial charge < -0.3 is 18.9 Å². The molecular weight excluding hydrogens is 272 g/mol. The molecule has 2 heterocycles. The lowest BCUT2D eigenvalue weighted by atomic mass is 10.1. The topological polar surface area (TPSA) is 43.4 Å². The highest BCUT2D eigenvalue weighted by Crippen LogP contribution is 2.21. The standard InChI is InChI=1S/C15H30N2O4/c1-14(2)8-20-12-16(14)10-18-6-5-7-19-11-17-13-21-9-15(17,3)4/h5-13H2,1-4H3. The molecule has 6 heteroatoms. The summed E-state index contributed by atoms with van der Waals surface area (Å²) in [4.78, 5) is 4.41. The molecule has 21 heavy (non-hydrogen) atoms. The first-order valence-electron chi connectivity index (χ1n) is 7.73. The van der Waals surface area contributed by atoms with Crippen LogP contribution in [0.4, 0.5) is 0 Å². The third-order valence-electron chi connectivity index (χ3n) is 4.19. The van der Waals surface area contributed by atoms with Crippen molar-refractivity contribution in [1.82, 2.24) is 9.80 Å². The molecule has 0 bridgehead atoms. The van der Waals surface area contributed by atoms with E-state index in [-0.39, 0.29) is 11.1 Å². The molecule has 0 saturated carbocycles. The quantitative estimate of drug-likeness (QED) is 0.633. The Hall–Kier alpha value is -0.240. The molecule has 2 aliphatic rings. The fourth-order valence-corrected chi connectivity index (χ4v) is 2.38. The molecule has 0 N–H and O–H groups in total. The van der Waals surface area contributed by atoms with Crippen molar-refractivity contribution in [2.24, 2.45) is 0 Å². The molecule has 6 nitrogen and oxygen atoms in total. The molecule has 0 aliphatic carbocycles. The van der Waals surface area contributed by atoms with E-state index < -0.39 is 0 Å². The average Bonchev–Trinajstić information content (AvgIpc) is 2.91. The van der Waals surface area contributed by atoms with Crippen molar-refractivity contribution in [3.05, 3.63) is 0 Å². The van der Waals surface area contributed by atoms with Crippen molar-refractivity contribution < 1.29 is 18.9 Å². The average molecular weight is 302 g/mol. The predicted molar refractivity (Wildman–Crippen MR) is 79.7 cm³/mol. The Kier molecular flexibility index (Phi) is 5.99. The fraction of sp³-hybridized carbons (Fsp3) is 1.00. The van der Waals surface area contributed by atoms with Crippen LogP contribution in [0, 0.1) is 0 Å². The molecule has 0 aromatic carbocycles. The first-order chi connectivity index (χ1) is 9.92. The van der Waals surface area contributed by atoms with Crippen molar-refractivity contribution in [1.29, 1.82) is 0 Å². The summed E-state index contributed by atoms with van der Waals surface area (Å²) in [5, 5.41) is 0. The molecule has 0 amide bonds. The normalized spacial score (nSPS) is 25.7. The van der Waals surface area contributed by atoms with E-state index in [2.05, 4.69) is 37.5 Å². The van der Waals surface area contributed by atoms with Crippen LogP contribution in [-0.2, 0) is 18.9 Å². The van der Waals surface area contributed by atoms with Gasteiger partial charge in [0, 0.05) is 11.1 Å². The summed E-state index contributed by atoms with van der Waals surface area (Å²) >= 11 is 0. The molecule has 2 fully saturated rings. The van der Waals surface area contributed by atoms with Gasteiger partial charge in [0.25, 0.3) is 0 Å². The van der Waals surface area contributed by atoms with E-state index in [1.54, 1.807) is 0 Å². The number of nitrogens with zero attached hydrogens (tertiary/aromatic N) is 2. The molecule has 0 atom stereocenters. The van der Waals surface area contributed by atoms with Gasteiger partial charge in [-0.15, -0.1) is 0 Å². The van der Waals surface area contributed by atoms with E-state index in [1.165, 1.54) is 0 Å². The minimum absolute atomic E-state index is 0.0812. The second-order valence-electron chi connectivity index (χ2n) is 7.09. The maximum Gasteiger partial charge on any atom is 0.101 e. The van der Waals surface area contributed by atoms with Crippen LogP contribution in [0.1, 0.15) is 34.1 Å². The molecule has 0 aromatic rings. The second-order valence-corrected chi connectivity index (χ2v) is 7.09. The SMILES string of the molecule is CC1(C)COCN1COCCCOCN1COCC1(C)C. The second kappa shape index (κ2) is 7.35. The summed E-state index contributed by atoms with van der Waals surface area (Å²) in [5.41, 5.74) is 0.162. The Balaban J connectivity index is 1.47. The maximum atomic E-state index is 5.69. The first kappa shape index (κ1) is 17.1. The fourth-order valence-electron chi connectivity index (χ4n) is 2.38. The van der Waals surface area contributed by atoms with E-state index in [0.29, 0.717) is 40.1 Å². The van der Waals surface area contributed by atoms with E-state index in [4.69, 9.17) is 18.9 Å². The van der Waals surface area contributed by atoms with Crippen LogP contribution < -0.4 is 0 Å². The largest absolute Gasteiger partial charge is 0.366 e. The monoisotopic (exact) mass is 302 g/mol. The smallest absolute Gasteiger partial charge is 0.101 e. The number of rotatable bonds is 8. The lowest BCUT2D eigenvalue weighted by molar-refractivity contribution is -0.0360. The van der Waals surface area contributed by atoms with Crippen LogP contribution in [0.15, 0.2) is 0 Å². The van der Waals surface area contributed by atoms with Gasteiger partial charge >= 0.3 is 0 Å². The van der Waals surface area contributed by atoms with Crippen molar-refractivity contribution in [3.8, 4) is 0 Å². The summed E-state index contributed by atoms with van der Waals surface area (Å²) in [6, 6.07) is 0. The zero-order chi connectivity index (χ0) is 15.3. The van der Waals surface area contributed by atoms with Crippen LogP contribution in [0.2, 0.25) is 0 Å². The number of hydrogen-bond acceptors (Lipinski definition) is 6. The zero-order valence-corrected chi connectivity index (χ0v) is 13.9. The lowest BCUT2D eigenvalue weighted by Crippen LogP contribution is -2.41. The highest BCUT2D eigenvalue weighted by Gasteiger charge is 2.33. The Bertz CT molecular complexity index is 293. The Morgan fingerprint density at radius 1 is 0.810 bits per heavy atom. The molecule has 0 spiro atoms. The van der Waals surface area contributed by atoms with Crippen LogP contribution >= 0.6 is 0 Å². The minimum atomic E-state index is 0.0812. The molecule has 0 radical (unpaired) electrons. The molecule has 0 aromatic heterocycles. The van der Waals surface area contributed by atoms with Gasteiger partial charge in [-0.2, -0.15) is 0 Å². The van der Waals surface area contributed by atoms with Gasteiger partial charge in [-0.25, -0.2) is 0 Å². The minimum Gasteiger partial charge on any atom is -0.366 e. The van der Waals surface area contributed by atoms with Crippen molar-refractivity contribution >= 4 is 0 Å². The summed E-state index contributed by atoms with van der Waals surface area (Å²) < 4.78 is 22.3. The van der Waals surface area contributed by atoms with E-state index >= 15 is 0 Å². The Morgan fingerprint density at radius 2 is 1.24 bits per heavy atom. The molecular formula is C15H30N2O4. The van der Waals surface area contributed by atoms with Gasteiger partial charge in [0.2, 0.25) is 0 Å². The van der Waals surface area contributed by atoms with Gasteiger partial charge in [-0.3, -0.25) is 9.80 Å². The first-order valence-corrected chi connectivity index (χ1v) is 7.73. The Labute approximate surface area is 128 Å². The van der Waals surface area contributed by atoms with E-state index in [0.717, 1.165) is 19.6 Å². The van der Waals surface area contributed by atoms with Gasteiger partial charge in [-0.05, 0) is 34.1 Å². The zero-order valence-electron chi connectivity index (χ0n) is 13.9. The van der Waals surface area contributed by atoms with Gasteiger partial charge in [0.15, 0.2) is 0 Å². The summed E-state index contributed by atoms with van der Waals surface area (Å²) in [5.74, 6) is 0. The number of ether oxygens (including phenoxy) is 4. The van der Waals surface area contributed by atoms with Crippen LogP contribution in [-0.4, -0.2) is 74.2 Å². The number of hydrogen-bond donors (Lipinski definition) is 0. The summed E-state index contributed by atoms with van der Waals surface area (Å²) in [6.07, 6.45) is 0.907. The summed E-state index contributed by atoms with van der Waals surface area (Å²) in [7, 11) is 0. The molecule has 2 aliphatic heterocycles. The molecule has 124 valence electrons. The van der Waals surface area contributed by atoms with Crippen molar-refractivity contribution in [2.45, 2.75) is 45.2 Å². The summed E-state index contributed by atoms with van der Waals surface area (Å²) in [6.45, 7) is 14.2. The maximum absolute atomic E-state index is 5.69. The van der Waals surface area contributed by atoms with E-state index in [9.17, 15) is 0 Å². The van der Waals surface area contributed by atoms with Gasteiger partial charge in [0.05, 0.1) is 26.4 Å². The van der Waals surface area contributed by atoms with Gasteiger partial charge in [0.1, 0.15) is 26.9 Å².